The second-order valence-corrected chi connectivity index (χ2v) is 5.65. The second kappa shape index (κ2) is 7.63. The molecular formula is C20H23NO2. The zero-order valence-corrected chi connectivity index (χ0v) is 14.0. The predicted molar refractivity (Wildman–Crippen MR) is 95.4 cm³/mol. The molecule has 2 aromatic rings. The molecule has 2 aromatic carbocycles. The molecule has 0 unspecified atom stereocenters. The van der Waals surface area contributed by atoms with Crippen molar-refractivity contribution in [1.82, 2.24) is 0 Å². The quantitative estimate of drug-likeness (QED) is 0.727. The molecule has 0 N–H and O–H groups in total. The van der Waals surface area contributed by atoms with Crippen molar-refractivity contribution in [2.75, 3.05) is 18.6 Å². The van der Waals surface area contributed by atoms with Gasteiger partial charge in [0.1, 0.15) is 5.75 Å². The van der Waals surface area contributed by atoms with Crippen LogP contribution < -0.4 is 9.64 Å². The number of carbonyl (C=O) groups excluding carboxylic acids is 1. The summed E-state index contributed by atoms with van der Waals surface area (Å²) in [6.07, 6.45) is 1.73. The Kier molecular flexibility index (Phi) is 5.58. The molecule has 120 valence electrons. The van der Waals surface area contributed by atoms with Crippen molar-refractivity contribution in [2.24, 2.45) is 0 Å². The van der Waals surface area contributed by atoms with Crippen LogP contribution in [-0.2, 0) is 0 Å². The van der Waals surface area contributed by atoms with Crippen LogP contribution in [0.1, 0.15) is 35.7 Å². The van der Waals surface area contributed by atoms with Gasteiger partial charge in [-0.25, -0.2) is 0 Å². The summed E-state index contributed by atoms with van der Waals surface area (Å²) in [6.45, 7) is 8.45. The minimum Gasteiger partial charge on any atom is -0.496 e. The van der Waals surface area contributed by atoms with Gasteiger partial charge in [-0.3, -0.25) is 4.79 Å². The molecule has 2 rings (SSSR count). The molecule has 0 aromatic heterocycles. The van der Waals surface area contributed by atoms with Crippen molar-refractivity contribution in [1.29, 1.82) is 0 Å². The maximum absolute atomic E-state index is 12.8. The number of nitrogens with zero attached hydrogens (tertiary/aromatic N) is 1. The summed E-state index contributed by atoms with van der Waals surface area (Å²) < 4.78 is 5.50. The highest BCUT2D eigenvalue weighted by Crippen LogP contribution is 2.31. The summed E-state index contributed by atoms with van der Waals surface area (Å²) in [5, 5.41) is 0. The van der Waals surface area contributed by atoms with E-state index < -0.39 is 0 Å². The lowest BCUT2D eigenvalue weighted by atomic mass is 10.0. The number of rotatable bonds is 6. The van der Waals surface area contributed by atoms with Crippen LogP contribution in [0.15, 0.2) is 61.2 Å². The molecule has 0 radical (unpaired) electrons. The van der Waals surface area contributed by atoms with Gasteiger partial charge in [0.25, 0.3) is 5.91 Å². The lowest BCUT2D eigenvalue weighted by Crippen LogP contribution is -2.31. The number of hydrogen-bond acceptors (Lipinski definition) is 2. The van der Waals surface area contributed by atoms with Crippen LogP contribution in [0.25, 0.3) is 0 Å². The van der Waals surface area contributed by atoms with Crippen LogP contribution in [0.2, 0.25) is 0 Å². The van der Waals surface area contributed by atoms with Gasteiger partial charge in [-0.2, -0.15) is 0 Å². The maximum atomic E-state index is 12.8. The van der Waals surface area contributed by atoms with Gasteiger partial charge in [-0.05, 0) is 29.7 Å². The molecule has 0 spiro atoms. The largest absolute Gasteiger partial charge is 0.496 e. The molecule has 0 aliphatic rings. The molecule has 1 amide bonds. The van der Waals surface area contributed by atoms with Crippen molar-refractivity contribution in [3.63, 3.8) is 0 Å². The van der Waals surface area contributed by atoms with Crippen molar-refractivity contribution in [3.05, 3.63) is 72.3 Å². The minimum absolute atomic E-state index is 0.0511. The third-order valence-electron chi connectivity index (χ3n) is 3.73. The maximum Gasteiger partial charge on any atom is 0.258 e. The Morgan fingerprint density at radius 2 is 1.91 bits per heavy atom. The SMILES string of the molecule is C=CCN(C(=O)c1ccccc1)c1ccc(C(C)C)c(OC)c1. The molecule has 0 fully saturated rings. The topological polar surface area (TPSA) is 29.5 Å². The Morgan fingerprint density at radius 1 is 1.22 bits per heavy atom. The highest BCUT2D eigenvalue weighted by molar-refractivity contribution is 6.06. The zero-order valence-electron chi connectivity index (χ0n) is 14.0. The monoisotopic (exact) mass is 309 g/mol. The average Bonchev–Trinajstić information content (AvgIpc) is 2.59. The van der Waals surface area contributed by atoms with Crippen LogP contribution in [0.3, 0.4) is 0 Å². The van der Waals surface area contributed by atoms with Crippen molar-refractivity contribution in [3.8, 4) is 5.75 Å². The van der Waals surface area contributed by atoms with Gasteiger partial charge in [-0.1, -0.05) is 44.2 Å². The van der Waals surface area contributed by atoms with E-state index in [-0.39, 0.29) is 5.91 Å². The van der Waals surface area contributed by atoms with Gasteiger partial charge in [-0.15, -0.1) is 6.58 Å². The van der Waals surface area contributed by atoms with E-state index in [4.69, 9.17) is 4.74 Å². The minimum atomic E-state index is -0.0511. The molecule has 0 saturated heterocycles. The molecule has 0 saturated carbocycles. The smallest absolute Gasteiger partial charge is 0.258 e. The number of methoxy groups -OCH3 is 1. The van der Waals surface area contributed by atoms with Gasteiger partial charge in [0.2, 0.25) is 0 Å². The molecule has 23 heavy (non-hydrogen) atoms. The van der Waals surface area contributed by atoms with E-state index >= 15 is 0 Å². The Labute approximate surface area is 138 Å². The average molecular weight is 309 g/mol. The first kappa shape index (κ1) is 16.8. The number of ether oxygens (including phenoxy) is 1. The van der Waals surface area contributed by atoms with Gasteiger partial charge < -0.3 is 9.64 Å². The van der Waals surface area contributed by atoms with Crippen LogP contribution in [0.5, 0.6) is 5.75 Å². The molecule has 3 heteroatoms. The first-order valence-corrected chi connectivity index (χ1v) is 7.74. The van der Waals surface area contributed by atoms with Gasteiger partial charge in [0.15, 0.2) is 0 Å². The number of benzene rings is 2. The van der Waals surface area contributed by atoms with E-state index in [0.29, 0.717) is 18.0 Å². The molecule has 0 atom stereocenters. The summed E-state index contributed by atoms with van der Waals surface area (Å²) in [5.41, 5.74) is 2.59. The van der Waals surface area contributed by atoms with Crippen LogP contribution in [0, 0.1) is 0 Å². The number of carbonyl (C=O) groups is 1. The normalized spacial score (nSPS) is 10.4. The second-order valence-electron chi connectivity index (χ2n) is 5.65. The van der Waals surface area contributed by atoms with E-state index in [1.165, 1.54) is 0 Å². The van der Waals surface area contributed by atoms with Gasteiger partial charge in [0.05, 0.1) is 7.11 Å². The fraction of sp³-hybridized carbons (Fsp3) is 0.250. The van der Waals surface area contributed by atoms with Crippen molar-refractivity contribution in [2.45, 2.75) is 19.8 Å². The summed E-state index contributed by atoms with van der Waals surface area (Å²) in [4.78, 5) is 14.5. The van der Waals surface area contributed by atoms with E-state index in [9.17, 15) is 4.79 Å². The fourth-order valence-electron chi connectivity index (χ4n) is 2.52. The van der Waals surface area contributed by atoms with E-state index in [2.05, 4.69) is 20.4 Å². The summed E-state index contributed by atoms with van der Waals surface area (Å²) in [6, 6.07) is 15.2. The highest BCUT2D eigenvalue weighted by Gasteiger charge is 2.18. The van der Waals surface area contributed by atoms with E-state index in [1.807, 2.05) is 48.5 Å². The third-order valence-corrected chi connectivity index (χ3v) is 3.73. The van der Waals surface area contributed by atoms with Crippen molar-refractivity contribution >= 4 is 11.6 Å². The van der Waals surface area contributed by atoms with E-state index in [1.54, 1.807) is 18.1 Å². The summed E-state index contributed by atoms with van der Waals surface area (Å²) >= 11 is 0. The predicted octanol–water partition coefficient (Wildman–Crippen LogP) is 4.65. The number of anilines is 1. The first-order valence-electron chi connectivity index (χ1n) is 7.74. The molecule has 0 heterocycles. The molecule has 0 aliphatic carbocycles. The van der Waals surface area contributed by atoms with Crippen LogP contribution >= 0.6 is 0 Å². The Morgan fingerprint density at radius 3 is 2.48 bits per heavy atom. The Bertz CT molecular complexity index is 677. The number of hydrogen-bond donors (Lipinski definition) is 0. The lowest BCUT2D eigenvalue weighted by molar-refractivity contribution is 0.0989. The molecular weight excluding hydrogens is 286 g/mol. The number of amides is 1. The zero-order chi connectivity index (χ0) is 16.8. The standard InChI is InChI=1S/C20H23NO2/c1-5-13-21(20(22)16-9-7-6-8-10-16)17-11-12-18(15(2)3)19(14-17)23-4/h5-12,14-15H,1,13H2,2-4H3. The summed E-state index contributed by atoms with van der Waals surface area (Å²) in [7, 11) is 1.65. The first-order chi connectivity index (χ1) is 11.1. The highest BCUT2D eigenvalue weighted by atomic mass is 16.5. The summed E-state index contributed by atoms with van der Waals surface area (Å²) in [5.74, 6) is 1.11. The van der Waals surface area contributed by atoms with E-state index in [0.717, 1.165) is 17.0 Å². The van der Waals surface area contributed by atoms with Gasteiger partial charge >= 0.3 is 0 Å². The van der Waals surface area contributed by atoms with Crippen LogP contribution in [0.4, 0.5) is 5.69 Å². The fourth-order valence-corrected chi connectivity index (χ4v) is 2.52. The van der Waals surface area contributed by atoms with Crippen LogP contribution in [-0.4, -0.2) is 19.6 Å². The Balaban J connectivity index is 2.41. The van der Waals surface area contributed by atoms with Crippen molar-refractivity contribution < 1.29 is 9.53 Å². The van der Waals surface area contributed by atoms with Gasteiger partial charge in [0, 0.05) is 23.9 Å². The molecule has 3 nitrogen and oxygen atoms in total. The lowest BCUT2D eigenvalue weighted by Gasteiger charge is -2.23. The third kappa shape index (κ3) is 3.81. The molecule has 0 bridgehead atoms. The Hall–Kier alpha value is -2.55. The molecule has 0 aliphatic heterocycles.